The molecule has 12 heavy (non-hydrogen) atoms. The minimum Gasteiger partial charge on any atom is -0.481 e. The molecule has 2 rings (SSSR count). The smallest absolute Gasteiger partial charge is 0.312 e. The van der Waals surface area contributed by atoms with E-state index in [0.717, 1.165) is 12.8 Å². The van der Waals surface area contributed by atoms with Crippen LogP contribution >= 0.6 is 0 Å². The summed E-state index contributed by atoms with van der Waals surface area (Å²) in [5.74, 6) is -0.942. The van der Waals surface area contributed by atoms with Crippen molar-refractivity contribution in [3.05, 3.63) is 0 Å². The van der Waals surface area contributed by atoms with Crippen LogP contribution < -0.4 is 0 Å². The van der Waals surface area contributed by atoms with Crippen LogP contribution in [-0.4, -0.2) is 17.8 Å². The predicted molar refractivity (Wildman–Crippen MR) is 41.6 cm³/mol. The number of halogens is 1. The summed E-state index contributed by atoms with van der Waals surface area (Å²) < 4.78 is 12.5. The van der Waals surface area contributed by atoms with Gasteiger partial charge in [0.2, 0.25) is 0 Å². The van der Waals surface area contributed by atoms with Gasteiger partial charge in [0.15, 0.2) is 0 Å². The van der Waals surface area contributed by atoms with E-state index in [4.69, 9.17) is 5.11 Å². The van der Waals surface area contributed by atoms with Gasteiger partial charge in [0, 0.05) is 0 Å². The van der Waals surface area contributed by atoms with E-state index in [2.05, 4.69) is 0 Å². The summed E-state index contributed by atoms with van der Waals surface area (Å²) >= 11 is 0. The maximum atomic E-state index is 12.5. The molecule has 68 valence electrons. The Balaban J connectivity index is 2.03. The largest absolute Gasteiger partial charge is 0.481 e. The summed E-state index contributed by atoms with van der Waals surface area (Å²) in [6.07, 6.45) is 4.57. The third kappa shape index (κ3) is 0.822. The molecule has 2 aliphatic carbocycles. The molecule has 0 bridgehead atoms. The lowest BCUT2D eigenvalue weighted by Crippen LogP contribution is -2.55. The summed E-state index contributed by atoms with van der Waals surface area (Å²) in [5, 5.41) is 8.80. The average molecular weight is 172 g/mol. The normalized spacial score (nSPS) is 29.1. The van der Waals surface area contributed by atoms with E-state index >= 15 is 0 Å². The summed E-state index contributed by atoms with van der Waals surface area (Å²) in [7, 11) is 0. The van der Waals surface area contributed by atoms with E-state index in [9.17, 15) is 9.18 Å². The Labute approximate surface area is 70.8 Å². The molecule has 0 aromatic carbocycles. The third-order valence-corrected chi connectivity index (χ3v) is 3.55. The lowest BCUT2D eigenvalue weighted by molar-refractivity contribution is -0.177. The third-order valence-electron chi connectivity index (χ3n) is 3.55. The summed E-state index contributed by atoms with van der Waals surface area (Å²) in [6.45, 7) is -0.690. The van der Waals surface area contributed by atoms with Gasteiger partial charge in [-0.15, -0.1) is 0 Å². The minimum atomic E-state index is -1.000. The van der Waals surface area contributed by atoms with Crippen molar-refractivity contribution in [3.63, 3.8) is 0 Å². The van der Waals surface area contributed by atoms with E-state index in [1.54, 1.807) is 0 Å². The van der Waals surface area contributed by atoms with Gasteiger partial charge in [-0.3, -0.25) is 4.79 Å². The van der Waals surface area contributed by atoms with Gasteiger partial charge in [-0.05, 0) is 31.1 Å². The van der Waals surface area contributed by atoms with Crippen molar-refractivity contribution >= 4 is 5.97 Å². The fraction of sp³-hybridized carbons (Fsp3) is 0.889. The number of rotatable bonds is 2. The van der Waals surface area contributed by atoms with Crippen LogP contribution in [0.5, 0.6) is 0 Å². The molecule has 0 heterocycles. The Kier molecular flexibility index (Phi) is 1.48. The molecule has 0 aliphatic heterocycles. The van der Waals surface area contributed by atoms with Gasteiger partial charge in [0.05, 0.1) is 5.41 Å². The van der Waals surface area contributed by atoms with Crippen molar-refractivity contribution < 1.29 is 14.3 Å². The molecule has 2 fully saturated rings. The van der Waals surface area contributed by atoms with Gasteiger partial charge in [-0.25, -0.2) is 4.39 Å². The van der Waals surface area contributed by atoms with E-state index in [-0.39, 0.29) is 5.41 Å². The molecule has 0 atom stereocenters. The molecule has 0 amide bonds. The Morgan fingerprint density at radius 1 is 1.42 bits per heavy atom. The van der Waals surface area contributed by atoms with Crippen LogP contribution in [0.4, 0.5) is 4.39 Å². The fourth-order valence-corrected chi connectivity index (χ4v) is 2.72. The fourth-order valence-electron chi connectivity index (χ4n) is 2.72. The van der Waals surface area contributed by atoms with Crippen molar-refractivity contribution in [2.24, 2.45) is 10.8 Å². The van der Waals surface area contributed by atoms with Crippen LogP contribution in [0.3, 0.4) is 0 Å². The minimum absolute atomic E-state index is 0.241. The molecule has 1 spiro atoms. The van der Waals surface area contributed by atoms with Gasteiger partial charge in [0.25, 0.3) is 0 Å². The van der Waals surface area contributed by atoms with Crippen LogP contribution in [0.2, 0.25) is 0 Å². The van der Waals surface area contributed by atoms with Crippen molar-refractivity contribution in [2.75, 3.05) is 6.67 Å². The van der Waals surface area contributed by atoms with Crippen LogP contribution in [0.15, 0.2) is 0 Å². The zero-order valence-electron chi connectivity index (χ0n) is 6.98. The number of hydrogen-bond acceptors (Lipinski definition) is 1. The van der Waals surface area contributed by atoms with Gasteiger partial charge in [-0.1, -0.05) is 6.42 Å². The van der Waals surface area contributed by atoms with Gasteiger partial charge in [0.1, 0.15) is 6.67 Å². The second-order valence-corrected chi connectivity index (χ2v) is 4.43. The molecule has 2 saturated carbocycles. The lowest BCUT2D eigenvalue weighted by atomic mass is 9.45. The van der Waals surface area contributed by atoms with Crippen LogP contribution in [0, 0.1) is 10.8 Å². The van der Waals surface area contributed by atoms with Crippen molar-refractivity contribution in [1.82, 2.24) is 0 Å². The molecular formula is C9H13FO2. The Bertz CT molecular complexity index is 213. The Morgan fingerprint density at radius 2 is 2.00 bits per heavy atom. The van der Waals surface area contributed by atoms with Crippen molar-refractivity contribution in [1.29, 1.82) is 0 Å². The molecule has 1 N–H and O–H groups in total. The molecule has 0 saturated heterocycles. The number of aliphatic carboxylic acids is 1. The average Bonchev–Trinajstić information content (AvgIpc) is 1.82. The Morgan fingerprint density at radius 3 is 2.25 bits per heavy atom. The first kappa shape index (κ1) is 8.02. The van der Waals surface area contributed by atoms with Gasteiger partial charge >= 0.3 is 5.97 Å². The molecular weight excluding hydrogens is 159 g/mol. The number of hydrogen-bond donors (Lipinski definition) is 1. The second kappa shape index (κ2) is 2.21. The maximum Gasteiger partial charge on any atom is 0.312 e. The SMILES string of the molecule is O=C(O)C1(CF)CC2(CCC2)C1. The van der Waals surface area contributed by atoms with Crippen LogP contribution in [0.1, 0.15) is 32.1 Å². The summed E-state index contributed by atoms with van der Waals surface area (Å²) in [5.41, 5.74) is -0.759. The zero-order valence-corrected chi connectivity index (χ0v) is 6.98. The highest BCUT2D eigenvalue weighted by molar-refractivity contribution is 5.76. The lowest BCUT2D eigenvalue weighted by Gasteiger charge is -2.58. The second-order valence-electron chi connectivity index (χ2n) is 4.43. The van der Waals surface area contributed by atoms with Gasteiger partial charge < -0.3 is 5.11 Å². The molecule has 2 aliphatic rings. The maximum absolute atomic E-state index is 12.5. The summed E-state index contributed by atoms with van der Waals surface area (Å²) in [4.78, 5) is 10.7. The number of carboxylic acid groups (broad SMARTS) is 1. The van der Waals surface area contributed by atoms with E-state index in [1.165, 1.54) is 6.42 Å². The molecule has 0 aromatic rings. The topological polar surface area (TPSA) is 37.3 Å². The highest BCUT2D eigenvalue weighted by atomic mass is 19.1. The molecule has 0 radical (unpaired) electrons. The molecule has 0 unspecified atom stereocenters. The van der Waals surface area contributed by atoms with E-state index in [1.807, 2.05) is 0 Å². The first-order valence-electron chi connectivity index (χ1n) is 4.42. The number of carboxylic acids is 1. The van der Waals surface area contributed by atoms with Gasteiger partial charge in [-0.2, -0.15) is 0 Å². The van der Waals surface area contributed by atoms with Crippen LogP contribution in [-0.2, 0) is 4.79 Å². The van der Waals surface area contributed by atoms with Crippen molar-refractivity contribution in [2.45, 2.75) is 32.1 Å². The molecule has 3 heteroatoms. The van der Waals surface area contributed by atoms with E-state index < -0.39 is 18.1 Å². The highest BCUT2D eigenvalue weighted by Crippen LogP contribution is 2.64. The first-order chi connectivity index (χ1) is 5.63. The molecule has 0 aromatic heterocycles. The number of carbonyl (C=O) groups is 1. The zero-order chi connectivity index (χ0) is 8.82. The predicted octanol–water partition coefficient (Wildman–Crippen LogP) is 1.99. The summed E-state index contributed by atoms with van der Waals surface area (Å²) in [6, 6.07) is 0. The quantitative estimate of drug-likeness (QED) is 0.691. The monoisotopic (exact) mass is 172 g/mol. The van der Waals surface area contributed by atoms with E-state index in [0.29, 0.717) is 12.8 Å². The highest BCUT2D eigenvalue weighted by Gasteiger charge is 2.61. The molecule has 2 nitrogen and oxygen atoms in total. The van der Waals surface area contributed by atoms with Crippen molar-refractivity contribution in [3.8, 4) is 0 Å². The van der Waals surface area contributed by atoms with Crippen LogP contribution in [0.25, 0.3) is 0 Å². The first-order valence-corrected chi connectivity index (χ1v) is 4.42. The standard InChI is InChI=1S/C9H13FO2/c10-6-9(7(11)12)4-8(5-9)2-1-3-8/h1-6H2,(H,11,12). The Hall–Kier alpha value is -0.600. The number of alkyl halides is 1.